The van der Waals surface area contributed by atoms with E-state index in [1.165, 1.54) is 12.7 Å². The van der Waals surface area contributed by atoms with Crippen molar-refractivity contribution in [2.45, 2.75) is 35.3 Å². The van der Waals surface area contributed by atoms with Gasteiger partial charge in [0.25, 0.3) is 0 Å². The van der Waals surface area contributed by atoms with E-state index in [4.69, 9.17) is 4.74 Å². The minimum atomic E-state index is -1.18. The maximum atomic E-state index is 10.2. The van der Waals surface area contributed by atoms with Gasteiger partial charge in [0.05, 0.1) is 18.6 Å². The van der Waals surface area contributed by atoms with Crippen LogP contribution in [-0.2, 0) is 11.2 Å². The fraction of sp³-hybridized carbons (Fsp3) is 0.467. The topological polar surface area (TPSA) is 126 Å². The third kappa shape index (κ3) is 3.21. The molecule has 0 aliphatic carbocycles. The lowest BCUT2D eigenvalue weighted by atomic mass is 10.1. The smallest absolute Gasteiger partial charge is 0.165 e. The van der Waals surface area contributed by atoms with Crippen molar-refractivity contribution in [2.75, 3.05) is 12.4 Å². The second kappa shape index (κ2) is 7.55. The Hall–Kier alpha value is -1.63. The number of thioether (sulfide) groups is 1. The molecule has 3 N–H and O–H groups in total. The van der Waals surface area contributed by atoms with Crippen LogP contribution in [0.25, 0.3) is 11.2 Å². The van der Waals surface area contributed by atoms with E-state index in [0.717, 1.165) is 15.8 Å². The number of aliphatic hydroxyl groups excluding tert-OH is 3. The van der Waals surface area contributed by atoms with Gasteiger partial charge in [-0.05, 0) is 0 Å². The molecule has 9 nitrogen and oxygen atoms in total. The fourth-order valence-electron chi connectivity index (χ4n) is 2.90. The van der Waals surface area contributed by atoms with Crippen molar-refractivity contribution in [3.05, 3.63) is 29.9 Å². The molecule has 4 rings (SSSR count). The first kappa shape index (κ1) is 17.8. The van der Waals surface area contributed by atoms with Crippen LogP contribution in [0.4, 0.5) is 0 Å². The first-order valence-electron chi connectivity index (χ1n) is 8.00. The lowest BCUT2D eigenvalue weighted by molar-refractivity contribution is -0.0511. The molecule has 11 heteroatoms. The van der Waals surface area contributed by atoms with Gasteiger partial charge in [0.2, 0.25) is 0 Å². The molecule has 138 valence electrons. The summed E-state index contributed by atoms with van der Waals surface area (Å²) in [6.07, 6.45) is 1.38. The zero-order chi connectivity index (χ0) is 18.1. The molecular formula is C15H17N5O4S2. The van der Waals surface area contributed by atoms with E-state index in [-0.39, 0.29) is 6.61 Å². The molecule has 0 spiro atoms. The van der Waals surface area contributed by atoms with E-state index in [9.17, 15) is 15.3 Å². The van der Waals surface area contributed by atoms with Gasteiger partial charge in [-0.25, -0.2) is 19.9 Å². The van der Waals surface area contributed by atoms with Crippen molar-refractivity contribution in [1.82, 2.24) is 24.5 Å². The number of imidazole rings is 1. The number of nitrogens with zero attached hydrogens (tertiary/aromatic N) is 5. The van der Waals surface area contributed by atoms with Crippen LogP contribution in [0.2, 0.25) is 0 Å². The monoisotopic (exact) mass is 395 g/mol. The highest BCUT2D eigenvalue weighted by Crippen LogP contribution is 2.31. The van der Waals surface area contributed by atoms with Crippen LogP contribution in [0.15, 0.2) is 28.6 Å². The molecule has 0 amide bonds. The van der Waals surface area contributed by atoms with E-state index in [1.54, 1.807) is 33.9 Å². The van der Waals surface area contributed by atoms with Gasteiger partial charge in [-0.1, -0.05) is 11.8 Å². The molecule has 3 aromatic heterocycles. The van der Waals surface area contributed by atoms with Crippen LogP contribution in [-0.4, -0.2) is 70.5 Å². The third-order valence-corrected chi connectivity index (χ3v) is 6.17. The second-order valence-corrected chi connectivity index (χ2v) is 8.01. The Morgan fingerprint density at radius 2 is 2.08 bits per heavy atom. The summed E-state index contributed by atoms with van der Waals surface area (Å²) in [7, 11) is 0. The van der Waals surface area contributed by atoms with Crippen molar-refractivity contribution >= 4 is 34.3 Å². The summed E-state index contributed by atoms with van der Waals surface area (Å²) in [6.45, 7) is -0.379. The van der Waals surface area contributed by atoms with Crippen LogP contribution in [0, 0.1) is 0 Å². The molecule has 0 aromatic carbocycles. The van der Waals surface area contributed by atoms with Crippen LogP contribution < -0.4 is 0 Å². The summed E-state index contributed by atoms with van der Waals surface area (Å²) in [6, 6.07) is 0. The first-order chi connectivity index (χ1) is 12.7. The SMILES string of the molecule is OC[C@H]1O[C@@H](n2cnc3c(CCSc4nccs4)ncnc32)[C@H](O)[C@@H]1O. The van der Waals surface area contributed by atoms with Gasteiger partial charge in [-0.2, -0.15) is 0 Å². The van der Waals surface area contributed by atoms with Gasteiger partial charge in [-0.3, -0.25) is 4.57 Å². The molecule has 0 saturated carbocycles. The lowest BCUT2D eigenvalue weighted by Crippen LogP contribution is -2.33. The van der Waals surface area contributed by atoms with Crippen molar-refractivity contribution in [3.8, 4) is 0 Å². The number of hydrogen-bond donors (Lipinski definition) is 3. The highest BCUT2D eigenvalue weighted by Gasteiger charge is 2.43. The van der Waals surface area contributed by atoms with E-state index in [2.05, 4.69) is 19.9 Å². The normalized spacial score (nSPS) is 26.0. The highest BCUT2D eigenvalue weighted by atomic mass is 32.2. The molecule has 3 aromatic rings. The van der Waals surface area contributed by atoms with Gasteiger partial charge in [0.15, 0.2) is 11.9 Å². The maximum absolute atomic E-state index is 10.2. The highest BCUT2D eigenvalue weighted by molar-refractivity contribution is 8.01. The van der Waals surface area contributed by atoms with Crippen LogP contribution in [0.1, 0.15) is 11.9 Å². The van der Waals surface area contributed by atoms with Gasteiger partial charge in [0.1, 0.15) is 34.5 Å². The average molecular weight is 395 g/mol. The van der Waals surface area contributed by atoms with Crippen LogP contribution >= 0.6 is 23.1 Å². The van der Waals surface area contributed by atoms with Gasteiger partial charge in [-0.15, -0.1) is 11.3 Å². The molecule has 0 unspecified atom stereocenters. The number of fused-ring (bicyclic) bond motifs is 1. The molecule has 1 aliphatic heterocycles. The Morgan fingerprint density at radius 3 is 2.81 bits per heavy atom. The Morgan fingerprint density at radius 1 is 1.19 bits per heavy atom. The predicted molar refractivity (Wildman–Crippen MR) is 94.9 cm³/mol. The minimum absolute atomic E-state index is 0.379. The molecule has 26 heavy (non-hydrogen) atoms. The van der Waals surface area contributed by atoms with Crippen LogP contribution in [0.3, 0.4) is 0 Å². The fourth-order valence-corrected chi connectivity index (χ4v) is 4.55. The van der Waals surface area contributed by atoms with E-state index < -0.39 is 24.5 Å². The Balaban J connectivity index is 1.55. The summed E-state index contributed by atoms with van der Waals surface area (Å²) in [5.41, 5.74) is 1.94. The number of hydrogen-bond acceptors (Lipinski definition) is 10. The summed E-state index contributed by atoms with van der Waals surface area (Å²) < 4.78 is 8.13. The van der Waals surface area contributed by atoms with Crippen molar-refractivity contribution in [1.29, 1.82) is 0 Å². The van der Waals surface area contributed by atoms with Gasteiger partial charge < -0.3 is 20.1 Å². The second-order valence-electron chi connectivity index (χ2n) is 5.77. The number of aryl methyl sites for hydroxylation is 1. The molecule has 4 heterocycles. The Bertz CT molecular complexity index is 874. The van der Waals surface area contributed by atoms with Gasteiger partial charge >= 0.3 is 0 Å². The largest absolute Gasteiger partial charge is 0.394 e. The average Bonchev–Trinajstić information content (AvgIpc) is 3.37. The molecule has 4 atom stereocenters. The Labute approximate surface area is 156 Å². The van der Waals surface area contributed by atoms with E-state index >= 15 is 0 Å². The number of rotatable bonds is 6. The molecule has 1 saturated heterocycles. The quantitative estimate of drug-likeness (QED) is 0.503. The third-order valence-electron chi connectivity index (χ3n) is 4.20. The zero-order valence-electron chi connectivity index (χ0n) is 13.5. The number of thiazole rings is 1. The van der Waals surface area contributed by atoms with Gasteiger partial charge in [0, 0.05) is 23.8 Å². The number of ether oxygens (including phenoxy) is 1. The maximum Gasteiger partial charge on any atom is 0.165 e. The van der Waals surface area contributed by atoms with Crippen LogP contribution in [0.5, 0.6) is 0 Å². The van der Waals surface area contributed by atoms with E-state index in [0.29, 0.717) is 17.6 Å². The zero-order valence-corrected chi connectivity index (χ0v) is 15.2. The number of aliphatic hydroxyl groups is 3. The molecular weight excluding hydrogens is 378 g/mol. The minimum Gasteiger partial charge on any atom is -0.394 e. The number of aromatic nitrogens is 5. The molecule has 1 fully saturated rings. The Kier molecular flexibility index (Phi) is 5.16. The standard InChI is InChI=1S/C15H17N5O4S2/c21-5-9-11(22)12(23)14(24-9)20-7-19-10-8(17-6-18-13(10)20)1-3-25-15-16-2-4-26-15/h2,4,6-7,9,11-12,14,21-23H,1,3,5H2/t9-,11-,12-,14-/m1/s1. The summed E-state index contributed by atoms with van der Waals surface area (Å²) in [5.74, 6) is 0.806. The van der Waals surface area contributed by atoms with Crippen molar-refractivity contribution < 1.29 is 20.1 Å². The predicted octanol–water partition coefficient (Wildman–Crippen LogP) is 0.229. The summed E-state index contributed by atoms with van der Waals surface area (Å²) >= 11 is 3.25. The molecule has 0 bridgehead atoms. The summed E-state index contributed by atoms with van der Waals surface area (Å²) in [5, 5.41) is 31.4. The van der Waals surface area contributed by atoms with Crippen molar-refractivity contribution in [2.24, 2.45) is 0 Å². The van der Waals surface area contributed by atoms with E-state index in [1.807, 2.05) is 5.38 Å². The molecule has 0 radical (unpaired) electrons. The molecule has 1 aliphatic rings. The lowest BCUT2D eigenvalue weighted by Gasteiger charge is -2.16. The van der Waals surface area contributed by atoms with Crippen molar-refractivity contribution in [3.63, 3.8) is 0 Å². The first-order valence-corrected chi connectivity index (χ1v) is 9.86. The summed E-state index contributed by atoms with van der Waals surface area (Å²) in [4.78, 5) is 17.2.